The zero-order valence-corrected chi connectivity index (χ0v) is 10.9. The van der Waals surface area contributed by atoms with E-state index in [-0.39, 0.29) is 0 Å². The molecule has 0 aliphatic rings. The van der Waals surface area contributed by atoms with Gasteiger partial charge in [0.05, 0.1) is 23.4 Å². The van der Waals surface area contributed by atoms with Crippen LogP contribution < -0.4 is 11.3 Å². The molecule has 0 unspecified atom stereocenters. The summed E-state index contributed by atoms with van der Waals surface area (Å²) in [6.45, 7) is 0.666. The third-order valence-electron chi connectivity index (χ3n) is 2.36. The lowest BCUT2D eigenvalue weighted by Gasteiger charge is -2.19. The summed E-state index contributed by atoms with van der Waals surface area (Å²) in [4.78, 5) is 10.6. The van der Waals surface area contributed by atoms with Crippen molar-refractivity contribution in [1.82, 2.24) is 15.3 Å². The zero-order valence-electron chi connectivity index (χ0n) is 10.1. The number of benzene rings is 1. The lowest BCUT2D eigenvalue weighted by molar-refractivity contribution is 0.474. The van der Waals surface area contributed by atoms with Gasteiger partial charge in [0.1, 0.15) is 0 Å². The molecule has 1 aromatic heterocycles. The second kappa shape index (κ2) is 6.13. The normalized spacial score (nSPS) is 11.3. The molecule has 0 amide bonds. The molecule has 94 valence electrons. The number of thiazole rings is 1. The summed E-state index contributed by atoms with van der Waals surface area (Å²) in [5, 5.41) is 2.01. The Morgan fingerprint density at radius 1 is 1.44 bits per heavy atom. The Morgan fingerprint density at radius 3 is 2.83 bits per heavy atom. The van der Waals surface area contributed by atoms with Crippen molar-refractivity contribution in [2.24, 2.45) is 10.8 Å². The maximum absolute atomic E-state index is 5.51. The lowest BCUT2D eigenvalue weighted by Crippen LogP contribution is -2.42. The second-order valence-electron chi connectivity index (χ2n) is 3.75. The summed E-state index contributed by atoms with van der Waals surface area (Å²) in [5.74, 6) is 6.12. The van der Waals surface area contributed by atoms with Crippen molar-refractivity contribution in [3.8, 4) is 0 Å². The number of aliphatic imine (C=N–C) groups is 1. The molecule has 0 spiro atoms. The maximum atomic E-state index is 5.51. The molecule has 5 nitrogen and oxygen atoms in total. The fourth-order valence-corrected chi connectivity index (χ4v) is 2.04. The van der Waals surface area contributed by atoms with E-state index in [0.29, 0.717) is 12.5 Å². The SMILES string of the molecule is CN(Cc1cscn1)C(=Nc1ccccc1)NN. The highest BCUT2D eigenvalue weighted by molar-refractivity contribution is 7.07. The first-order chi connectivity index (χ1) is 8.79. The molecule has 1 aromatic carbocycles. The molecule has 0 radical (unpaired) electrons. The number of aromatic nitrogens is 1. The molecular formula is C12H15N5S. The van der Waals surface area contributed by atoms with Gasteiger partial charge in [-0.15, -0.1) is 11.3 Å². The van der Waals surface area contributed by atoms with E-state index >= 15 is 0 Å². The van der Waals surface area contributed by atoms with E-state index in [1.54, 1.807) is 11.3 Å². The average Bonchev–Trinajstić information content (AvgIpc) is 2.90. The van der Waals surface area contributed by atoms with Gasteiger partial charge in [-0.1, -0.05) is 18.2 Å². The number of hydrogen-bond donors (Lipinski definition) is 2. The van der Waals surface area contributed by atoms with Crippen molar-refractivity contribution < 1.29 is 0 Å². The van der Waals surface area contributed by atoms with Crippen molar-refractivity contribution in [3.63, 3.8) is 0 Å². The first-order valence-electron chi connectivity index (χ1n) is 5.48. The molecule has 3 N–H and O–H groups in total. The first-order valence-corrected chi connectivity index (χ1v) is 6.42. The van der Waals surface area contributed by atoms with Gasteiger partial charge in [-0.25, -0.2) is 15.8 Å². The number of hydrogen-bond acceptors (Lipinski definition) is 4. The molecule has 6 heteroatoms. The van der Waals surface area contributed by atoms with Crippen LogP contribution in [0, 0.1) is 0 Å². The number of hydrazine groups is 1. The van der Waals surface area contributed by atoms with Crippen LogP contribution in [0.1, 0.15) is 5.69 Å². The monoisotopic (exact) mass is 261 g/mol. The van der Waals surface area contributed by atoms with Gasteiger partial charge < -0.3 is 4.90 Å². The number of nitrogens with zero attached hydrogens (tertiary/aromatic N) is 3. The minimum absolute atomic E-state index is 0.606. The Labute approximate surface area is 110 Å². The molecular weight excluding hydrogens is 246 g/mol. The smallest absolute Gasteiger partial charge is 0.213 e. The van der Waals surface area contributed by atoms with Crippen molar-refractivity contribution in [3.05, 3.63) is 46.9 Å². The van der Waals surface area contributed by atoms with Crippen LogP contribution in [0.25, 0.3) is 0 Å². The quantitative estimate of drug-likeness (QED) is 0.382. The number of para-hydroxylation sites is 1. The number of nitrogens with two attached hydrogens (primary N) is 1. The highest BCUT2D eigenvalue weighted by Crippen LogP contribution is 2.11. The highest BCUT2D eigenvalue weighted by atomic mass is 32.1. The van der Waals surface area contributed by atoms with E-state index in [1.165, 1.54) is 0 Å². The molecule has 2 rings (SSSR count). The van der Waals surface area contributed by atoms with Gasteiger partial charge in [-0.3, -0.25) is 5.43 Å². The molecule has 0 saturated carbocycles. The summed E-state index contributed by atoms with van der Waals surface area (Å²) >= 11 is 1.58. The van der Waals surface area contributed by atoms with Crippen molar-refractivity contribution in [2.45, 2.75) is 6.54 Å². The third-order valence-corrected chi connectivity index (χ3v) is 3.00. The summed E-state index contributed by atoms with van der Waals surface area (Å²) in [5.41, 5.74) is 6.28. The summed E-state index contributed by atoms with van der Waals surface area (Å²) in [6, 6.07) is 9.68. The molecule has 0 saturated heterocycles. The summed E-state index contributed by atoms with van der Waals surface area (Å²) < 4.78 is 0. The first kappa shape index (κ1) is 12.5. The fraction of sp³-hybridized carbons (Fsp3) is 0.167. The number of nitrogens with one attached hydrogen (secondary N) is 1. The van der Waals surface area contributed by atoms with Crippen molar-refractivity contribution in [2.75, 3.05) is 7.05 Å². The predicted molar refractivity (Wildman–Crippen MR) is 74.4 cm³/mol. The average molecular weight is 261 g/mol. The van der Waals surface area contributed by atoms with E-state index in [9.17, 15) is 0 Å². The minimum Gasteiger partial charge on any atom is -0.339 e. The van der Waals surface area contributed by atoms with Crippen LogP contribution in [-0.4, -0.2) is 22.9 Å². The molecule has 0 fully saturated rings. The Hall–Kier alpha value is -1.92. The zero-order chi connectivity index (χ0) is 12.8. The molecule has 18 heavy (non-hydrogen) atoms. The van der Waals surface area contributed by atoms with Crippen LogP contribution in [0.5, 0.6) is 0 Å². The van der Waals surface area contributed by atoms with Crippen LogP contribution in [0.15, 0.2) is 46.2 Å². The summed E-state index contributed by atoms with van der Waals surface area (Å²) in [7, 11) is 1.92. The molecule has 2 aromatic rings. The lowest BCUT2D eigenvalue weighted by atomic mass is 10.3. The molecule has 0 atom stereocenters. The number of rotatable bonds is 3. The Balaban J connectivity index is 2.10. The minimum atomic E-state index is 0.606. The van der Waals surface area contributed by atoms with Gasteiger partial charge in [-0.05, 0) is 12.1 Å². The molecule has 0 bridgehead atoms. The third kappa shape index (κ3) is 3.28. The van der Waals surface area contributed by atoms with Crippen molar-refractivity contribution >= 4 is 23.0 Å². The summed E-state index contributed by atoms with van der Waals surface area (Å²) in [6.07, 6.45) is 0. The highest BCUT2D eigenvalue weighted by Gasteiger charge is 2.07. The largest absolute Gasteiger partial charge is 0.339 e. The van der Waals surface area contributed by atoms with Gasteiger partial charge in [-0.2, -0.15) is 0 Å². The number of guanidine groups is 1. The molecule has 1 heterocycles. The van der Waals surface area contributed by atoms with E-state index < -0.39 is 0 Å². The van der Waals surface area contributed by atoms with E-state index in [1.807, 2.05) is 53.2 Å². The van der Waals surface area contributed by atoms with Gasteiger partial charge in [0.2, 0.25) is 5.96 Å². The molecule has 0 aliphatic carbocycles. The molecule has 0 aliphatic heterocycles. The predicted octanol–water partition coefficient (Wildman–Crippen LogP) is 1.73. The Kier molecular flexibility index (Phi) is 4.27. The fourth-order valence-electron chi connectivity index (χ4n) is 1.49. The van der Waals surface area contributed by atoms with Crippen LogP contribution in [0.4, 0.5) is 5.69 Å². The maximum Gasteiger partial charge on any atom is 0.213 e. The van der Waals surface area contributed by atoms with Gasteiger partial charge in [0.15, 0.2) is 0 Å². The topological polar surface area (TPSA) is 66.5 Å². The van der Waals surface area contributed by atoms with Gasteiger partial charge in [0, 0.05) is 12.4 Å². The van der Waals surface area contributed by atoms with Gasteiger partial charge in [0.25, 0.3) is 0 Å². The van der Waals surface area contributed by atoms with Crippen LogP contribution in [-0.2, 0) is 6.54 Å². The van der Waals surface area contributed by atoms with E-state index in [0.717, 1.165) is 11.4 Å². The van der Waals surface area contributed by atoms with Crippen molar-refractivity contribution in [1.29, 1.82) is 0 Å². The van der Waals surface area contributed by atoms with E-state index in [2.05, 4.69) is 15.4 Å². The Bertz CT molecular complexity index is 494. The Morgan fingerprint density at radius 2 is 2.22 bits per heavy atom. The van der Waals surface area contributed by atoms with Crippen LogP contribution in [0.3, 0.4) is 0 Å². The van der Waals surface area contributed by atoms with E-state index in [4.69, 9.17) is 5.84 Å². The van der Waals surface area contributed by atoms with Crippen LogP contribution >= 0.6 is 11.3 Å². The van der Waals surface area contributed by atoms with Crippen LogP contribution in [0.2, 0.25) is 0 Å². The standard InChI is InChI=1S/C12H15N5S/c1-17(7-11-8-18-9-14-11)12(16-13)15-10-5-3-2-4-6-10/h2-6,8-9H,7,13H2,1H3,(H,15,16). The van der Waals surface area contributed by atoms with Gasteiger partial charge >= 0.3 is 0 Å². The second-order valence-corrected chi connectivity index (χ2v) is 4.47.